The van der Waals surface area contributed by atoms with Gasteiger partial charge in [-0.3, -0.25) is 4.79 Å². The number of aromatic nitrogens is 1. The number of pyridine rings is 1. The molecule has 1 aromatic heterocycles. The number of aromatic carboxylic acids is 1. The molecule has 0 aliphatic carbocycles. The molecule has 0 fully saturated rings. The Hall–Kier alpha value is -2.11. The lowest BCUT2D eigenvalue weighted by molar-refractivity contribution is 0.0684. The molecule has 1 amide bonds. The number of rotatable bonds is 3. The van der Waals surface area contributed by atoms with Gasteiger partial charge in [0.15, 0.2) is 5.69 Å². The van der Waals surface area contributed by atoms with Crippen molar-refractivity contribution >= 4 is 11.9 Å². The van der Waals surface area contributed by atoms with Crippen LogP contribution in [0, 0.1) is 0 Å². The summed E-state index contributed by atoms with van der Waals surface area (Å²) >= 11 is 0. The number of carboxylic acid groups (broad SMARTS) is 1. The van der Waals surface area contributed by atoms with Crippen LogP contribution < -0.4 is 10.5 Å². The predicted octanol–water partition coefficient (Wildman–Crippen LogP) is -0.113. The fourth-order valence-corrected chi connectivity index (χ4v) is 1.01. The van der Waals surface area contributed by atoms with Crippen LogP contribution in [0.25, 0.3) is 0 Å². The van der Waals surface area contributed by atoms with Crippen LogP contribution in [-0.4, -0.2) is 29.1 Å². The highest BCUT2D eigenvalue weighted by atomic mass is 16.5. The fourth-order valence-electron chi connectivity index (χ4n) is 1.01. The van der Waals surface area contributed by atoms with Crippen molar-refractivity contribution in [2.45, 2.75) is 0 Å². The Kier molecular flexibility index (Phi) is 2.66. The molecule has 1 rings (SSSR count). The molecule has 1 aromatic rings. The van der Waals surface area contributed by atoms with E-state index >= 15 is 0 Å². The van der Waals surface area contributed by atoms with Gasteiger partial charge < -0.3 is 15.6 Å². The van der Waals surface area contributed by atoms with Crippen LogP contribution in [0.2, 0.25) is 0 Å². The van der Waals surface area contributed by atoms with Gasteiger partial charge in [0.05, 0.1) is 7.11 Å². The van der Waals surface area contributed by atoms with Gasteiger partial charge in [0.2, 0.25) is 0 Å². The van der Waals surface area contributed by atoms with Crippen LogP contribution >= 0.6 is 0 Å². The second kappa shape index (κ2) is 3.73. The Labute approximate surface area is 79.3 Å². The number of nitrogens with zero attached hydrogens (tertiary/aromatic N) is 1. The Balaban J connectivity index is 3.43. The number of carbonyl (C=O) groups excluding carboxylic acids is 1. The summed E-state index contributed by atoms with van der Waals surface area (Å²) in [6.07, 6.45) is 1.23. The van der Waals surface area contributed by atoms with Crippen LogP contribution in [0.3, 0.4) is 0 Å². The topological polar surface area (TPSA) is 103 Å². The average molecular weight is 196 g/mol. The lowest BCUT2D eigenvalue weighted by Crippen LogP contribution is -2.18. The predicted molar refractivity (Wildman–Crippen MR) is 46.3 cm³/mol. The SMILES string of the molecule is COc1ccnc(C(=O)O)c1C(N)=O. The highest BCUT2D eigenvalue weighted by molar-refractivity contribution is 6.04. The zero-order valence-electron chi connectivity index (χ0n) is 7.35. The Morgan fingerprint density at radius 1 is 1.57 bits per heavy atom. The van der Waals surface area contributed by atoms with Gasteiger partial charge in [0.25, 0.3) is 5.91 Å². The number of carbonyl (C=O) groups is 2. The molecule has 1 heterocycles. The molecule has 0 saturated carbocycles. The van der Waals surface area contributed by atoms with Crippen molar-refractivity contribution < 1.29 is 19.4 Å². The maximum Gasteiger partial charge on any atom is 0.355 e. The molecular weight excluding hydrogens is 188 g/mol. The quantitative estimate of drug-likeness (QED) is 0.701. The molecule has 0 aliphatic heterocycles. The molecule has 3 N–H and O–H groups in total. The number of primary amides is 1. The Morgan fingerprint density at radius 2 is 2.21 bits per heavy atom. The number of hydrogen-bond acceptors (Lipinski definition) is 4. The molecule has 0 aliphatic rings. The minimum atomic E-state index is -1.32. The lowest BCUT2D eigenvalue weighted by atomic mass is 10.1. The molecule has 6 heteroatoms. The van der Waals surface area contributed by atoms with Gasteiger partial charge in [0.1, 0.15) is 11.3 Å². The van der Waals surface area contributed by atoms with Crippen molar-refractivity contribution in [2.75, 3.05) is 7.11 Å². The molecule has 74 valence electrons. The first kappa shape index (κ1) is 9.97. The minimum absolute atomic E-state index is 0.102. The van der Waals surface area contributed by atoms with Crippen molar-refractivity contribution in [3.05, 3.63) is 23.5 Å². The van der Waals surface area contributed by atoms with Crippen LogP contribution in [0.15, 0.2) is 12.3 Å². The van der Waals surface area contributed by atoms with Crippen molar-refractivity contribution in [2.24, 2.45) is 5.73 Å². The number of ether oxygens (including phenoxy) is 1. The van der Waals surface area contributed by atoms with Gasteiger partial charge in [-0.15, -0.1) is 0 Å². The van der Waals surface area contributed by atoms with Gasteiger partial charge in [-0.25, -0.2) is 9.78 Å². The Bertz CT molecular complexity index is 389. The highest BCUT2D eigenvalue weighted by Gasteiger charge is 2.20. The third-order valence-electron chi connectivity index (χ3n) is 1.58. The van der Waals surface area contributed by atoms with Crippen LogP contribution in [-0.2, 0) is 0 Å². The minimum Gasteiger partial charge on any atom is -0.496 e. The Morgan fingerprint density at radius 3 is 2.64 bits per heavy atom. The van der Waals surface area contributed by atoms with Gasteiger partial charge in [0, 0.05) is 6.20 Å². The number of methoxy groups -OCH3 is 1. The molecule has 14 heavy (non-hydrogen) atoms. The monoisotopic (exact) mass is 196 g/mol. The molecule has 0 unspecified atom stereocenters. The van der Waals surface area contributed by atoms with E-state index < -0.39 is 17.6 Å². The third-order valence-corrected chi connectivity index (χ3v) is 1.58. The molecule has 6 nitrogen and oxygen atoms in total. The van der Waals surface area contributed by atoms with Gasteiger partial charge in [-0.05, 0) is 6.07 Å². The van der Waals surface area contributed by atoms with Crippen LogP contribution in [0.1, 0.15) is 20.8 Å². The maximum atomic E-state index is 10.9. The normalized spacial score (nSPS) is 9.50. The largest absolute Gasteiger partial charge is 0.496 e. The van der Waals surface area contributed by atoms with E-state index in [1.54, 1.807) is 0 Å². The summed E-state index contributed by atoms with van der Waals surface area (Å²) in [6, 6.07) is 1.37. The second-order valence-electron chi connectivity index (χ2n) is 2.41. The first-order valence-corrected chi connectivity index (χ1v) is 3.64. The maximum absolute atomic E-state index is 10.9. The second-order valence-corrected chi connectivity index (χ2v) is 2.41. The average Bonchev–Trinajstić information content (AvgIpc) is 2.16. The summed E-state index contributed by atoms with van der Waals surface area (Å²) in [4.78, 5) is 25.1. The van der Waals surface area contributed by atoms with Crippen molar-refractivity contribution in [1.29, 1.82) is 0 Å². The summed E-state index contributed by atoms with van der Waals surface area (Å²) in [5.41, 5.74) is 4.38. The first-order valence-electron chi connectivity index (χ1n) is 3.64. The highest BCUT2D eigenvalue weighted by Crippen LogP contribution is 2.19. The summed E-state index contributed by atoms with van der Waals surface area (Å²) < 4.78 is 4.79. The van der Waals surface area contributed by atoms with E-state index in [1.165, 1.54) is 19.4 Å². The van der Waals surface area contributed by atoms with Crippen molar-refractivity contribution in [3.63, 3.8) is 0 Å². The van der Waals surface area contributed by atoms with Crippen molar-refractivity contribution in [3.8, 4) is 5.75 Å². The smallest absolute Gasteiger partial charge is 0.355 e. The molecule has 0 atom stereocenters. The van der Waals surface area contributed by atoms with Gasteiger partial charge >= 0.3 is 5.97 Å². The summed E-state index contributed by atoms with van der Waals surface area (Å²) in [5, 5.41) is 8.71. The van der Waals surface area contributed by atoms with Gasteiger partial charge in [-0.2, -0.15) is 0 Å². The standard InChI is InChI=1S/C8H8N2O4/c1-14-4-2-3-10-6(8(12)13)5(4)7(9)11/h2-3H,1H3,(H2,9,11)(H,12,13). The van der Waals surface area contributed by atoms with Crippen LogP contribution in [0.4, 0.5) is 0 Å². The zero-order chi connectivity index (χ0) is 10.7. The zero-order valence-corrected chi connectivity index (χ0v) is 7.35. The molecular formula is C8H8N2O4. The number of amides is 1. The molecule has 0 saturated heterocycles. The van der Waals surface area contributed by atoms with Gasteiger partial charge in [-0.1, -0.05) is 0 Å². The van der Waals surface area contributed by atoms with E-state index in [0.717, 1.165) is 0 Å². The van der Waals surface area contributed by atoms with E-state index in [2.05, 4.69) is 4.98 Å². The summed E-state index contributed by atoms with van der Waals surface area (Å²) in [7, 11) is 1.31. The van der Waals surface area contributed by atoms with E-state index in [-0.39, 0.29) is 11.3 Å². The first-order chi connectivity index (χ1) is 6.57. The van der Waals surface area contributed by atoms with Crippen LogP contribution in [0.5, 0.6) is 5.75 Å². The number of carboxylic acids is 1. The van der Waals surface area contributed by atoms with E-state index in [0.29, 0.717) is 0 Å². The molecule has 0 radical (unpaired) electrons. The number of hydrogen-bond donors (Lipinski definition) is 2. The lowest BCUT2D eigenvalue weighted by Gasteiger charge is -2.06. The third kappa shape index (κ3) is 1.63. The van der Waals surface area contributed by atoms with E-state index in [9.17, 15) is 9.59 Å². The molecule has 0 bridgehead atoms. The molecule has 0 aromatic carbocycles. The summed E-state index contributed by atoms with van der Waals surface area (Å²) in [6.45, 7) is 0. The summed E-state index contributed by atoms with van der Waals surface area (Å²) in [5.74, 6) is -2.10. The van der Waals surface area contributed by atoms with Crippen molar-refractivity contribution in [1.82, 2.24) is 4.98 Å². The van der Waals surface area contributed by atoms with E-state index in [1.807, 2.05) is 0 Å². The fraction of sp³-hybridized carbons (Fsp3) is 0.125. The molecule has 0 spiro atoms. The number of nitrogens with two attached hydrogens (primary N) is 1. The van der Waals surface area contributed by atoms with E-state index in [4.69, 9.17) is 15.6 Å².